The molecule has 25 heavy (non-hydrogen) atoms. The first-order valence-electron chi connectivity index (χ1n) is 7.42. The lowest BCUT2D eigenvalue weighted by atomic mass is 10.1. The molecule has 0 radical (unpaired) electrons. The quantitative estimate of drug-likeness (QED) is 0.464. The third kappa shape index (κ3) is 3.06. The van der Waals surface area contributed by atoms with E-state index in [2.05, 4.69) is 0 Å². The lowest BCUT2D eigenvalue weighted by molar-refractivity contribution is -0.385. The summed E-state index contributed by atoms with van der Waals surface area (Å²) in [5.74, 6) is -0.807. The van der Waals surface area contributed by atoms with Crippen LogP contribution in [0.15, 0.2) is 36.4 Å². The number of carbonyl (C=O) groups excluding carboxylic acids is 2. The van der Waals surface area contributed by atoms with Gasteiger partial charge in [0.15, 0.2) is 5.75 Å². The van der Waals surface area contributed by atoms with E-state index in [1.165, 1.54) is 12.1 Å². The molecule has 0 unspecified atom stereocenters. The van der Waals surface area contributed by atoms with Gasteiger partial charge in [-0.05, 0) is 24.6 Å². The van der Waals surface area contributed by atoms with Gasteiger partial charge in [0, 0.05) is 17.2 Å². The number of nitro benzene ring substituents is 1. The maximum atomic E-state index is 12.2. The predicted octanol–water partition coefficient (Wildman–Crippen LogP) is 3.23. The van der Waals surface area contributed by atoms with E-state index in [1.54, 1.807) is 31.2 Å². The van der Waals surface area contributed by atoms with E-state index in [1.807, 2.05) is 0 Å². The molecule has 0 aromatic heterocycles. The summed E-state index contributed by atoms with van der Waals surface area (Å²) in [7, 11) is 0. The minimum atomic E-state index is -0.569. The van der Waals surface area contributed by atoms with Crippen molar-refractivity contribution >= 4 is 29.1 Å². The molecule has 0 N–H and O–H groups in total. The number of benzene rings is 2. The van der Waals surface area contributed by atoms with Gasteiger partial charge >= 0.3 is 5.69 Å². The second-order valence-electron chi connectivity index (χ2n) is 5.48. The molecular weight excluding hydrogens is 348 g/mol. The van der Waals surface area contributed by atoms with E-state index in [-0.39, 0.29) is 24.6 Å². The summed E-state index contributed by atoms with van der Waals surface area (Å²) in [4.78, 5) is 36.1. The second-order valence-corrected chi connectivity index (χ2v) is 5.89. The molecule has 8 heteroatoms. The third-order valence-corrected chi connectivity index (χ3v) is 4.29. The molecule has 1 aliphatic heterocycles. The number of nitrogens with zero attached hydrogens (tertiary/aromatic N) is 2. The summed E-state index contributed by atoms with van der Waals surface area (Å²) in [5, 5.41) is 11.5. The van der Waals surface area contributed by atoms with Gasteiger partial charge in [0.2, 0.25) is 0 Å². The molecule has 1 aliphatic rings. The van der Waals surface area contributed by atoms with Gasteiger partial charge in [-0.2, -0.15) is 0 Å². The van der Waals surface area contributed by atoms with Crippen molar-refractivity contribution in [1.29, 1.82) is 0 Å². The average molecular weight is 361 g/mol. The van der Waals surface area contributed by atoms with E-state index in [9.17, 15) is 19.7 Å². The number of aryl methyl sites for hydroxylation is 1. The molecule has 0 saturated heterocycles. The van der Waals surface area contributed by atoms with Crippen LogP contribution in [-0.2, 0) is 0 Å². The minimum absolute atomic E-state index is 0.00258. The first kappa shape index (κ1) is 16.9. The molecule has 0 atom stereocenters. The van der Waals surface area contributed by atoms with Crippen LogP contribution in [0.2, 0.25) is 5.02 Å². The van der Waals surface area contributed by atoms with Crippen LogP contribution in [0.3, 0.4) is 0 Å². The number of fused-ring (bicyclic) bond motifs is 1. The van der Waals surface area contributed by atoms with Crippen LogP contribution in [0, 0.1) is 17.0 Å². The number of ether oxygens (including phenoxy) is 1. The van der Waals surface area contributed by atoms with Crippen molar-refractivity contribution in [3.05, 3.63) is 68.2 Å². The molecule has 7 nitrogen and oxygen atoms in total. The number of carbonyl (C=O) groups is 2. The van der Waals surface area contributed by atoms with Crippen LogP contribution in [0.25, 0.3) is 0 Å². The molecule has 2 aromatic rings. The molecule has 0 saturated carbocycles. The smallest absolute Gasteiger partial charge is 0.311 e. The Morgan fingerprint density at radius 3 is 2.32 bits per heavy atom. The second kappa shape index (κ2) is 6.52. The number of imide groups is 1. The fourth-order valence-electron chi connectivity index (χ4n) is 2.60. The Morgan fingerprint density at radius 2 is 1.76 bits per heavy atom. The summed E-state index contributed by atoms with van der Waals surface area (Å²) < 4.78 is 5.42. The number of halogens is 1. The van der Waals surface area contributed by atoms with Crippen molar-refractivity contribution in [1.82, 2.24) is 4.90 Å². The summed E-state index contributed by atoms with van der Waals surface area (Å²) in [5.41, 5.74) is 1.03. The lowest BCUT2D eigenvalue weighted by Gasteiger charge is -2.14. The van der Waals surface area contributed by atoms with Crippen LogP contribution < -0.4 is 4.74 Å². The van der Waals surface area contributed by atoms with Gasteiger partial charge in [-0.15, -0.1) is 0 Å². The normalized spacial score (nSPS) is 13.1. The number of hydrogen-bond acceptors (Lipinski definition) is 5. The van der Waals surface area contributed by atoms with E-state index >= 15 is 0 Å². The van der Waals surface area contributed by atoms with Gasteiger partial charge in [0.1, 0.15) is 6.61 Å². The van der Waals surface area contributed by atoms with Crippen molar-refractivity contribution in [2.45, 2.75) is 6.92 Å². The molecule has 2 aromatic carbocycles. The van der Waals surface area contributed by atoms with Gasteiger partial charge in [-0.1, -0.05) is 23.7 Å². The van der Waals surface area contributed by atoms with Crippen LogP contribution in [0.4, 0.5) is 5.69 Å². The largest absolute Gasteiger partial charge is 0.485 e. The fourth-order valence-corrected chi connectivity index (χ4v) is 2.75. The van der Waals surface area contributed by atoms with E-state index in [0.29, 0.717) is 21.7 Å². The first-order chi connectivity index (χ1) is 11.9. The van der Waals surface area contributed by atoms with Crippen LogP contribution >= 0.6 is 11.6 Å². The van der Waals surface area contributed by atoms with E-state index in [0.717, 1.165) is 4.90 Å². The molecular formula is C17H13ClN2O5. The van der Waals surface area contributed by atoms with Gasteiger partial charge in [0.05, 0.1) is 22.6 Å². The van der Waals surface area contributed by atoms with Gasteiger partial charge in [-0.3, -0.25) is 24.6 Å². The minimum Gasteiger partial charge on any atom is -0.485 e. The first-order valence-corrected chi connectivity index (χ1v) is 7.80. The lowest BCUT2D eigenvalue weighted by Crippen LogP contribution is -2.33. The SMILES string of the molecule is Cc1cc([N+](=O)[O-])c(OCCN2C(=O)c3ccccc3C2=O)cc1Cl. The molecule has 128 valence electrons. The third-order valence-electron chi connectivity index (χ3n) is 3.89. The molecule has 3 rings (SSSR count). The molecule has 0 bridgehead atoms. The Labute approximate surface area is 147 Å². The number of nitro groups is 1. The summed E-state index contributed by atoms with van der Waals surface area (Å²) in [6.07, 6.45) is 0. The maximum absolute atomic E-state index is 12.2. The predicted molar refractivity (Wildman–Crippen MR) is 90.1 cm³/mol. The van der Waals surface area contributed by atoms with Crippen LogP contribution in [-0.4, -0.2) is 34.8 Å². The Morgan fingerprint density at radius 1 is 1.16 bits per heavy atom. The molecule has 0 fully saturated rings. The van der Waals surface area contributed by atoms with E-state index in [4.69, 9.17) is 16.3 Å². The van der Waals surface area contributed by atoms with Crippen molar-refractivity contribution in [2.75, 3.05) is 13.2 Å². The fraction of sp³-hybridized carbons (Fsp3) is 0.176. The highest BCUT2D eigenvalue weighted by Crippen LogP contribution is 2.33. The highest BCUT2D eigenvalue weighted by atomic mass is 35.5. The van der Waals surface area contributed by atoms with Crippen molar-refractivity contribution in [3.8, 4) is 5.75 Å². The molecule has 0 spiro atoms. The van der Waals surface area contributed by atoms with E-state index < -0.39 is 16.7 Å². The standard InChI is InChI=1S/C17H13ClN2O5/c1-10-8-14(20(23)24)15(9-13(10)18)25-7-6-19-16(21)11-4-2-3-5-12(11)17(19)22/h2-5,8-9H,6-7H2,1H3. The number of rotatable bonds is 5. The van der Waals surface area contributed by atoms with Gasteiger partial charge < -0.3 is 4.74 Å². The molecule has 1 heterocycles. The van der Waals surface area contributed by atoms with Gasteiger partial charge in [-0.25, -0.2) is 0 Å². The molecule has 0 aliphatic carbocycles. The number of hydrogen-bond donors (Lipinski definition) is 0. The van der Waals surface area contributed by atoms with Crippen molar-refractivity contribution in [3.63, 3.8) is 0 Å². The highest BCUT2D eigenvalue weighted by molar-refractivity contribution is 6.31. The average Bonchev–Trinajstić information content (AvgIpc) is 2.83. The zero-order valence-corrected chi connectivity index (χ0v) is 13.9. The Kier molecular flexibility index (Phi) is 4.41. The zero-order chi connectivity index (χ0) is 18.1. The Hall–Kier alpha value is -2.93. The summed E-state index contributed by atoms with van der Waals surface area (Å²) in [6, 6.07) is 9.21. The highest BCUT2D eigenvalue weighted by Gasteiger charge is 2.34. The van der Waals surface area contributed by atoms with Crippen molar-refractivity contribution < 1.29 is 19.2 Å². The molecule has 2 amide bonds. The summed E-state index contributed by atoms with van der Waals surface area (Å²) >= 11 is 5.98. The Balaban J connectivity index is 1.73. The zero-order valence-electron chi connectivity index (χ0n) is 13.2. The maximum Gasteiger partial charge on any atom is 0.311 e. The van der Waals surface area contributed by atoms with Crippen LogP contribution in [0.1, 0.15) is 26.3 Å². The van der Waals surface area contributed by atoms with Crippen LogP contribution in [0.5, 0.6) is 5.75 Å². The van der Waals surface area contributed by atoms with Crippen molar-refractivity contribution in [2.24, 2.45) is 0 Å². The van der Waals surface area contributed by atoms with Gasteiger partial charge in [0.25, 0.3) is 11.8 Å². The number of amides is 2. The Bertz CT molecular complexity index is 862. The topological polar surface area (TPSA) is 89.8 Å². The monoisotopic (exact) mass is 360 g/mol. The summed E-state index contributed by atoms with van der Waals surface area (Å²) in [6.45, 7) is 1.55.